The maximum absolute atomic E-state index is 4.92. The summed E-state index contributed by atoms with van der Waals surface area (Å²) in [5.74, 6) is 0. The molecule has 1 aromatic rings. The first-order valence-corrected chi connectivity index (χ1v) is 7.41. The molecule has 1 aliphatic heterocycles. The largest absolute Gasteiger partial charge is 0.309 e. The minimum atomic E-state index is 0.658. The van der Waals surface area contributed by atoms with Crippen molar-refractivity contribution in [1.29, 1.82) is 0 Å². The zero-order chi connectivity index (χ0) is 10.5. The lowest BCUT2D eigenvalue weighted by Crippen LogP contribution is -2.40. The minimum Gasteiger partial charge on any atom is -0.309 e. The van der Waals surface area contributed by atoms with Crippen LogP contribution in [0.2, 0.25) is 0 Å². The molecule has 2 heterocycles. The highest BCUT2D eigenvalue weighted by molar-refractivity contribution is 7.79. The summed E-state index contributed by atoms with van der Waals surface area (Å²) >= 11 is 4.92. The first-order valence-electron chi connectivity index (χ1n) is 4.85. The molecule has 7 heteroatoms. The lowest BCUT2D eigenvalue weighted by molar-refractivity contribution is 0.197. The van der Waals surface area contributed by atoms with Gasteiger partial charge in [0.1, 0.15) is 6.34 Å². The van der Waals surface area contributed by atoms with Gasteiger partial charge in [0.2, 0.25) is 5.13 Å². The molecule has 0 atom stereocenters. The van der Waals surface area contributed by atoms with E-state index in [0.29, 0.717) is 3.95 Å². The number of nitrogens with one attached hydrogen (secondary N) is 1. The zero-order valence-corrected chi connectivity index (χ0v) is 10.6. The molecule has 15 heavy (non-hydrogen) atoms. The molecule has 1 aromatic heterocycles. The van der Waals surface area contributed by atoms with Crippen LogP contribution in [0.25, 0.3) is 0 Å². The van der Waals surface area contributed by atoms with Crippen LogP contribution in [0.4, 0.5) is 5.13 Å². The Morgan fingerprint density at radius 2 is 2.13 bits per heavy atom. The van der Waals surface area contributed by atoms with Crippen molar-refractivity contribution in [3.05, 3.63) is 3.95 Å². The van der Waals surface area contributed by atoms with Crippen molar-refractivity contribution in [3.63, 3.8) is 0 Å². The van der Waals surface area contributed by atoms with E-state index in [1.54, 1.807) is 6.34 Å². The summed E-state index contributed by atoms with van der Waals surface area (Å²) in [5.41, 5.74) is 3.16. The van der Waals surface area contributed by atoms with Gasteiger partial charge in [-0.15, -0.1) is 0 Å². The Bertz CT molecular complexity index is 377. The second kappa shape index (κ2) is 5.64. The van der Waals surface area contributed by atoms with Gasteiger partial charge >= 0.3 is 0 Å². The number of rotatable bonds is 3. The number of aliphatic imine (C=N–C) groups is 1. The first-order chi connectivity index (χ1) is 7.34. The van der Waals surface area contributed by atoms with Crippen LogP contribution in [-0.4, -0.2) is 29.4 Å². The predicted octanol–water partition coefficient (Wildman–Crippen LogP) is 2.58. The van der Waals surface area contributed by atoms with Crippen molar-refractivity contribution in [2.24, 2.45) is 4.99 Å². The number of piperidine rings is 1. The zero-order valence-electron chi connectivity index (χ0n) is 8.18. The molecule has 82 valence electrons. The van der Waals surface area contributed by atoms with E-state index in [4.69, 9.17) is 12.2 Å². The van der Waals surface area contributed by atoms with Crippen LogP contribution in [-0.2, 0) is 0 Å². The van der Waals surface area contributed by atoms with Crippen molar-refractivity contribution in [3.8, 4) is 0 Å². The third-order valence-corrected chi connectivity index (χ3v) is 4.64. The van der Waals surface area contributed by atoms with E-state index in [0.717, 1.165) is 18.2 Å². The van der Waals surface area contributed by atoms with Crippen molar-refractivity contribution >= 4 is 44.4 Å². The summed E-state index contributed by atoms with van der Waals surface area (Å²) in [6, 6.07) is 0. The second-order valence-electron chi connectivity index (χ2n) is 3.26. The molecule has 2 rings (SSSR count). The fourth-order valence-electron chi connectivity index (χ4n) is 1.43. The molecule has 0 bridgehead atoms. The predicted molar refractivity (Wildman–Crippen MR) is 67.5 cm³/mol. The van der Waals surface area contributed by atoms with Crippen molar-refractivity contribution in [2.45, 2.75) is 19.3 Å². The Kier molecular flexibility index (Phi) is 4.18. The maximum atomic E-state index is 4.92. The summed E-state index contributed by atoms with van der Waals surface area (Å²) in [6.07, 6.45) is 5.56. The number of hydrogen-bond acceptors (Lipinski definition) is 6. The summed E-state index contributed by atoms with van der Waals surface area (Å²) < 4.78 is 0.658. The fraction of sp³-hybridized carbons (Fsp3) is 0.625. The van der Waals surface area contributed by atoms with Gasteiger partial charge in [0.25, 0.3) is 0 Å². The normalized spacial score (nSPS) is 18.4. The SMILES string of the molecule is S=c1nc(/N=C/NN2CCCCC2)ss1. The lowest BCUT2D eigenvalue weighted by Gasteiger charge is -2.25. The summed E-state index contributed by atoms with van der Waals surface area (Å²) in [5, 5.41) is 2.91. The summed E-state index contributed by atoms with van der Waals surface area (Å²) in [6.45, 7) is 2.19. The maximum Gasteiger partial charge on any atom is 0.222 e. The molecule has 1 fully saturated rings. The van der Waals surface area contributed by atoms with Crippen molar-refractivity contribution < 1.29 is 0 Å². The smallest absolute Gasteiger partial charge is 0.222 e. The van der Waals surface area contributed by atoms with Gasteiger partial charge in [-0.1, -0.05) is 6.42 Å². The van der Waals surface area contributed by atoms with Gasteiger partial charge in [-0.25, -0.2) is 10.0 Å². The van der Waals surface area contributed by atoms with Gasteiger partial charge in [-0.3, -0.25) is 0 Å². The van der Waals surface area contributed by atoms with Gasteiger partial charge in [0.05, 0.1) is 0 Å². The Balaban J connectivity index is 1.81. The minimum absolute atomic E-state index is 0.658. The van der Waals surface area contributed by atoms with Gasteiger partial charge < -0.3 is 5.43 Å². The van der Waals surface area contributed by atoms with E-state index in [1.165, 1.54) is 39.9 Å². The monoisotopic (exact) mass is 260 g/mol. The molecular weight excluding hydrogens is 248 g/mol. The van der Waals surface area contributed by atoms with Crippen LogP contribution < -0.4 is 5.43 Å². The number of aromatic nitrogens is 1. The number of hydrogen-bond donors (Lipinski definition) is 1. The van der Waals surface area contributed by atoms with Crippen LogP contribution in [0.15, 0.2) is 4.99 Å². The van der Waals surface area contributed by atoms with E-state index < -0.39 is 0 Å². The second-order valence-corrected chi connectivity index (χ2v) is 5.99. The third-order valence-electron chi connectivity index (χ3n) is 2.15. The highest BCUT2D eigenvalue weighted by atomic mass is 32.9. The molecule has 0 saturated carbocycles. The third kappa shape index (κ3) is 3.60. The Hall–Kier alpha value is -0.370. The fourth-order valence-corrected chi connectivity index (χ4v) is 3.22. The highest BCUT2D eigenvalue weighted by Gasteiger charge is 2.07. The quantitative estimate of drug-likeness (QED) is 0.392. The van der Waals surface area contributed by atoms with E-state index in [9.17, 15) is 0 Å². The average Bonchev–Trinajstić information content (AvgIpc) is 2.66. The molecule has 0 unspecified atom stereocenters. The van der Waals surface area contributed by atoms with Gasteiger partial charge in [0.15, 0.2) is 3.95 Å². The topological polar surface area (TPSA) is 40.5 Å². The Labute approximate surface area is 101 Å². The molecule has 0 radical (unpaired) electrons. The van der Waals surface area contributed by atoms with Gasteiger partial charge in [-0.2, -0.15) is 4.98 Å². The molecule has 1 saturated heterocycles. The highest BCUT2D eigenvalue weighted by Crippen LogP contribution is 2.21. The average molecular weight is 260 g/mol. The Morgan fingerprint density at radius 1 is 1.33 bits per heavy atom. The first kappa shape index (κ1) is 11.1. The molecule has 4 nitrogen and oxygen atoms in total. The van der Waals surface area contributed by atoms with Gasteiger partial charge in [0, 0.05) is 13.1 Å². The molecule has 0 aliphatic carbocycles. The van der Waals surface area contributed by atoms with E-state index in [1.807, 2.05) is 0 Å². The molecular formula is C8H12N4S3. The van der Waals surface area contributed by atoms with Crippen LogP contribution in [0, 0.1) is 3.95 Å². The molecule has 1 aliphatic rings. The van der Waals surface area contributed by atoms with Crippen molar-refractivity contribution in [2.75, 3.05) is 13.1 Å². The van der Waals surface area contributed by atoms with Gasteiger partial charge in [-0.05, 0) is 45.7 Å². The number of hydrazine groups is 1. The van der Waals surface area contributed by atoms with E-state index >= 15 is 0 Å². The summed E-state index contributed by atoms with van der Waals surface area (Å²) in [4.78, 5) is 8.28. The van der Waals surface area contributed by atoms with E-state index in [-0.39, 0.29) is 0 Å². The van der Waals surface area contributed by atoms with Crippen LogP contribution in [0.5, 0.6) is 0 Å². The van der Waals surface area contributed by atoms with Crippen LogP contribution in [0.3, 0.4) is 0 Å². The Morgan fingerprint density at radius 3 is 2.80 bits per heavy atom. The number of nitrogens with zero attached hydrogens (tertiary/aromatic N) is 3. The molecule has 0 spiro atoms. The molecule has 1 N–H and O–H groups in total. The van der Waals surface area contributed by atoms with E-state index in [2.05, 4.69) is 20.4 Å². The van der Waals surface area contributed by atoms with Crippen LogP contribution >= 0.6 is 32.9 Å². The van der Waals surface area contributed by atoms with Crippen LogP contribution in [0.1, 0.15) is 19.3 Å². The van der Waals surface area contributed by atoms with Crippen molar-refractivity contribution in [1.82, 2.24) is 15.4 Å². The standard InChI is InChI=1S/C8H12N4S3/c13-8-11-7(14-15-8)9-6-10-12-4-2-1-3-5-12/h6H,1-5H2,(H,9,10,11,13). The molecule has 0 aromatic carbocycles. The summed E-state index contributed by atoms with van der Waals surface area (Å²) in [7, 11) is 2.99. The molecule has 0 amide bonds. The lowest BCUT2D eigenvalue weighted by atomic mass is 10.2.